The minimum absolute atomic E-state index is 0.142. The number of benzene rings is 1. The highest BCUT2D eigenvalue weighted by molar-refractivity contribution is 9.10. The third-order valence-corrected chi connectivity index (χ3v) is 2.93. The van der Waals surface area contributed by atoms with Crippen LogP contribution in [0.5, 0.6) is 0 Å². The zero-order valence-corrected chi connectivity index (χ0v) is 9.90. The SMILES string of the molecule is NC(=O)C(Cc1ccccc1Br)C(=O)NO. The molecule has 0 bridgehead atoms. The number of nitrogens with one attached hydrogen (secondary N) is 1. The highest BCUT2D eigenvalue weighted by Crippen LogP contribution is 2.19. The molecule has 0 spiro atoms. The van der Waals surface area contributed by atoms with Gasteiger partial charge in [0.1, 0.15) is 5.92 Å². The molecule has 1 aromatic carbocycles. The summed E-state index contributed by atoms with van der Waals surface area (Å²) in [4.78, 5) is 22.2. The quantitative estimate of drug-likeness (QED) is 0.430. The van der Waals surface area contributed by atoms with Gasteiger partial charge in [-0.3, -0.25) is 14.8 Å². The molecule has 16 heavy (non-hydrogen) atoms. The van der Waals surface area contributed by atoms with Gasteiger partial charge in [-0.2, -0.15) is 0 Å². The van der Waals surface area contributed by atoms with Gasteiger partial charge in [-0.25, -0.2) is 5.48 Å². The summed E-state index contributed by atoms with van der Waals surface area (Å²) < 4.78 is 0.784. The summed E-state index contributed by atoms with van der Waals surface area (Å²) in [6.45, 7) is 0. The number of carbonyl (C=O) groups is 2. The summed E-state index contributed by atoms with van der Waals surface area (Å²) in [5.41, 5.74) is 7.29. The van der Waals surface area contributed by atoms with Crippen molar-refractivity contribution in [3.63, 3.8) is 0 Å². The number of rotatable bonds is 4. The van der Waals surface area contributed by atoms with Gasteiger partial charge >= 0.3 is 0 Å². The van der Waals surface area contributed by atoms with Crippen molar-refractivity contribution in [2.24, 2.45) is 11.7 Å². The van der Waals surface area contributed by atoms with Crippen molar-refractivity contribution in [2.75, 3.05) is 0 Å². The number of hydroxylamine groups is 1. The summed E-state index contributed by atoms with van der Waals surface area (Å²) >= 11 is 3.30. The third-order valence-electron chi connectivity index (χ3n) is 2.15. The van der Waals surface area contributed by atoms with Crippen LogP contribution >= 0.6 is 15.9 Å². The van der Waals surface area contributed by atoms with Gasteiger partial charge in [0.05, 0.1) is 0 Å². The van der Waals surface area contributed by atoms with Crippen molar-refractivity contribution in [3.05, 3.63) is 34.3 Å². The number of nitrogens with two attached hydrogens (primary N) is 1. The Hall–Kier alpha value is -1.40. The number of carbonyl (C=O) groups excluding carboxylic acids is 2. The van der Waals surface area contributed by atoms with Crippen molar-refractivity contribution in [1.82, 2.24) is 5.48 Å². The fourth-order valence-electron chi connectivity index (χ4n) is 1.28. The highest BCUT2D eigenvalue weighted by Gasteiger charge is 2.24. The fraction of sp³-hybridized carbons (Fsp3) is 0.200. The largest absolute Gasteiger partial charge is 0.369 e. The summed E-state index contributed by atoms with van der Waals surface area (Å²) in [5.74, 6) is -2.66. The summed E-state index contributed by atoms with van der Waals surface area (Å²) in [6.07, 6.45) is 0.142. The van der Waals surface area contributed by atoms with Crippen LogP contribution in [0.4, 0.5) is 0 Å². The second-order valence-corrected chi connectivity index (χ2v) is 4.08. The van der Waals surface area contributed by atoms with Crippen LogP contribution in [-0.4, -0.2) is 17.0 Å². The lowest BCUT2D eigenvalue weighted by Crippen LogP contribution is -2.38. The molecular weight excluding hydrogens is 276 g/mol. The van der Waals surface area contributed by atoms with Crippen LogP contribution in [0.1, 0.15) is 5.56 Å². The van der Waals surface area contributed by atoms with E-state index in [1.807, 2.05) is 6.07 Å². The lowest BCUT2D eigenvalue weighted by molar-refractivity contribution is -0.139. The topological polar surface area (TPSA) is 92.4 Å². The lowest BCUT2D eigenvalue weighted by atomic mass is 9.98. The molecular formula is C10H11BrN2O3. The van der Waals surface area contributed by atoms with Gasteiger partial charge in [0.15, 0.2) is 0 Å². The standard InChI is InChI=1S/C10H11BrN2O3/c11-8-4-2-1-3-6(8)5-7(9(12)14)10(15)13-16/h1-4,7,16H,5H2,(H2,12,14)(H,13,15). The van der Waals surface area contributed by atoms with Gasteiger partial charge in [0.25, 0.3) is 5.91 Å². The number of hydrogen-bond donors (Lipinski definition) is 3. The van der Waals surface area contributed by atoms with Crippen LogP contribution in [0.3, 0.4) is 0 Å². The Morgan fingerprint density at radius 2 is 2.06 bits per heavy atom. The molecule has 6 heteroatoms. The molecule has 4 N–H and O–H groups in total. The van der Waals surface area contributed by atoms with E-state index in [9.17, 15) is 9.59 Å². The first-order chi connectivity index (χ1) is 7.56. The predicted octanol–water partition coefficient (Wildman–Crippen LogP) is 0.598. The molecule has 0 saturated carbocycles. The van der Waals surface area contributed by atoms with Gasteiger partial charge in [0, 0.05) is 4.47 Å². The van der Waals surface area contributed by atoms with Gasteiger partial charge in [-0.05, 0) is 18.1 Å². The van der Waals surface area contributed by atoms with Crippen molar-refractivity contribution >= 4 is 27.7 Å². The van der Waals surface area contributed by atoms with Crippen LogP contribution in [-0.2, 0) is 16.0 Å². The summed E-state index contributed by atoms with van der Waals surface area (Å²) in [5, 5.41) is 8.48. The maximum absolute atomic E-state index is 11.2. The third kappa shape index (κ3) is 3.04. The lowest BCUT2D eigenvalue weighted by Gasteiger charge is -2.11. The Labute approximate surface area is 101 Å². The Morgan fingerprint density at radius 1 is 1.44 bits per heavy atom. The second-order valence-electron chi connectivity index (χ2n) is 3.23. The Bertz CT molecular complexity index is 409. The first-order valence-electron chi connectivity index (χ1n) is 4.53. The molecule has 86 valence electrons. The maximum Gasteiger partial charge on any atom is 0.256 e. The van der Waals surface area contributed by atoms with Crippen LogP contribution in [0.2, 0.25) is 0 Å². The molecule has 0 aromatic heterocycles. The van der Waals surface area contributed by atoms with Crippen LogP contribution in [0, 0.1) is 5.92 Å². The smallest absolute Gasteiger partial charge is 0.256 e. The number of primary amides is 1. The molecule has 1 rings (SSSR count). The highest BCUT2D eigenvalue weighted by atomic mass is 79.9. The van der Waals surface area contributed by atoms with Crippen molar-refractivity contribution < 1.29 is 14.8 Å². The molecule has 0 radical (unpaired) electrons. The zero-order chi connectivity index (χ0) is 12.1. The van der Waals surface area contributed by atoms with Crippen LogP contribution in [0.25, 0.3) is 0 Å². The van der Waals surface area contributed by atoms with E-state index in [0.29, 0.717) is 0 Å². The molecule has 1 atom stereocenters. The number of hydrogen-bond acceptors (Lipinski definition) is 3. The first kappa shape index (κ1) is 12.7. The first-order valence-corrected chi connectivity index (χ1v) is 5.32. The van der Waals surface area contributed by atoms with Crippen LogP contribution < -0.4 is 11.2 Å². The van der Waals surface area contributed by atoms with E-state index < -0.39 is 17.7 Å². The molecule has 0 saturated heterocycles. The molecule has 0 heterocycles. The molecule has 0 aliphatic rings. The summed E-state index contributed by atoms with van der Waals surface area (Å²) in [6, 6.07) is 7.17. The Morgan fingerprint density at radius 3 is 2.56 bits per heavy atom. The fourth-order valence-corrected chi connectivity index (χ4v) is 1.73. The number of amides is 2. The van der Waals surface area contributed by atoms with E-state index in [1.54, 1.807) is 18.2 Å². The normalized spacial score (nSPS) is 11.9. The van der Waals surface area contributed by atoms with Gasteiger partial charge in [-0.15, -0.1) is 0 Å². The van der Waals surface area contributed by atoms with Crippen molar-refractivity contribution in [2.45, 2.75) is 6.42 Å². The monoisotopic (exact) mass is 286 g/mol. The molecule has 0 aliphatic heterocycles. The van der Waals surface area contributed by atoms with E-state index in [-0.39, 0.29) is 6.42 Å². The number of halogens is 1. The minimum Gasteiger partial charge on any atom is -0.369 e. The van der Waals surface area contributed by atoms with E-state index in [0.717, 1.165) is 10.0 Å². The van der Waals surface area contributed by atoms with E-state index in [4.69, 9.17) is 10.9 Å². The summed E-state index contributed by atoms with van der Waals surface area (Å²) in [7, 11) is 0. The molecule has 5 nitrogen and oxygen atoms in total. The molecule has 0 aliphatic carbocycles. The minimum atomic E-state index is -1.08. The van der Waals surface area contributed by atoms with Gasteiger partial charge < -0.3 is 5.73 Å². The Kier molecular flexibility index (Phi) is 4.45. The average molecular weight is 287 g/mol. The molecule has 0 fully saturated rings. The van der Waals surface area contributed by atoms with E-state index >= 15 is 0 Å². The molecule has 2 amide bonds. The van der Waals surface area contributed by atoms with Gasteiger partial charge in [0.2, 0.25) is 5.91 Å². The van der Waals surface area contributed by atoms with Crippen molar-refractivity contribution in [1.29, 1.82) is 0 Å². The van der Waals surface area contributed by atoms with Crippen LogP contribution in [0.15, 0.2) is 28.7 Å². The van der Waals surface area contributed by atoms with E-state index in [1.165, 1.54) is 5.48 Å². The molecule has 1 aromatic rings. The van der Waals surface area contributed by atoms with E-state index in [2.05, 4.69) is 15.9 Å². The maximum atomic E-state index is 11.2. The molecule has 1 unspecified atom stereocenters. The average Bonchev–Trinajstić information content (AvgIpc) is 2.26. The predicted molar refractivity (Wildman–Crippen MR) is 60.5 cm³/mol. The van der Waals surface area contributed by atoms with Crippen molar-refractivity contribution in [3.8, 4) is 0 Å². The zero-order valence-electron chi connectivity index (χ0n) is 8.31. The van der Waals surface area contributed by atoms with Gasteiger partial charge in [-0.1, -0.05) is 34.1 Å². The Balaban J connectivity index is 2.88. The second kappa shape index (κ2) is 5.62.